The van der Waals surface area contributed by atoms with Gasteiger partial charge < -0.3 is 24.6 Å². The molecule has 1 aliphatic heterocycles. The first-order valence-corrected chi connectivity index (χ1v) is 10.3. The molecule has 6 heteroatoms. The highest BCUT2D eigenvalue weighted by Gasteiger charge is 2.24. The van der Waals surface area contributed by atoms with Crippen LogP contribution < -0.4 is 24.6 Å². The molecule has 2 aromatic carbocycles. The van der Waals surface area contributed by atoms with E-state index in [0.29, 0.717) is 13.2 Å². The van der Waals surface area contributed by atoms with Gasteiger partial charge in [-0.1, -0.05) is 17.7 Å². The van der Waals surface area contributed by atoms with Crippen molar-refractivity contribution in [2.24, 2.45) is 0 Å². The van der Waals surface area contributed by atoms with Crippen LogP contribution >= 0.6 is 0 Å². The first kappa shape index (κ1) is 21.1. The number of carbonyl (C=O) groups excluding carboxylic acids is 1. The van der Waals surface area contributed by atoms with E-state index in [1.807, 2.05) is 43.3 Å². The standard InChI is InChI=1S/C23H31N3O3/c1-18-4-9-22(19(2)16-18)24-23(27)17-26-12-10-25(11-13-26)14-15-29-21-7-5-20(28-3)6-8-21/h4-9,16H,10-15,17H2,1-3H3,(H,24,27)/p+2. The van der Waals surface area contributed by atoms with Crippen molar-refractivity contribution < 1.29 is 24.1 Å². The summed E-state index contributed by atoms with van der Waals surface area (Å²) in [5, 5.41) is 3.06. The van der Waals surface area contributed by atoms with Gasteiger partial charge in [0.25, 0.3) is 5.91 Å². The fourth-order valence-electron chi connectivity index (χ4n) is 3.74. The number of quaternary nitrogens is 2. The van der Waals surface area contributed by atoms with Crippen LogP contribution in [0.15, 0.2) is 42.5 Å². The van der Waals surface area contributed by atoms with Gasteiger partial charge in [0.15, 0.2) is 6.54 Å². The average Bonchev–Trinajstić information content (AvgIpc) is 2.72. The zero-order valence-electron chi connectivity index (χ0n) is 17.7. The highest BCUT2D eigenvalue weighted by molar-refractivity contribution is 5.92. The molecule has 0 radical (unpaired) electrons. The fourth-order valence-corrected chi connectivity index (χ4v) is 3.74. The van der Waals surface area contributed by atoms with Crippen LogP contribution in [0.1, 0.15) is 11.1 Å². The Morgan fingerprint density at radius 1 is 0.966 bits per heavy atom. The van der Waals surface area contributed by atoms with E-state index >= 15 is 0 Å². The summed E-state index contributed by atoms with van der Waals surface area (Å²) in [6.45, 7) is 10.5. The Bertz CT molecular complexity index is 800. The van der Waals surface area contributed by atoms with Gasteiger partial charge in [0, 0.05) is 5.69 Å². The second-order valence-electron chi connectivity index (χ2n) is 7.82. The van der Waals surface area contributed by atoms with Crippen molar-refractivity contribution >= 4 is 11.6 Å². The number of amides is 1. The fraction of sp³-hybridized carbons (Fsp3) is 0.435. The SMILES string of the molecule is COc1ccc(OCC[NH+]2CC[NH+](CC(=O)Nc3ccc(C)cc3C)CC2)cc1. The molecule has 2 aromatic rings. The number of anilines is 1. The zero-order chi connectivity index (χ0) is 20.6. The van der Waals surface area contributed by atoms with Gasteiger partial charge in [-0.3, -0.25) is 4.79 Å². The topological polar surface area (TPSA) is 56.4 Å². The third kappa shape index (κ3) is 6.48. The Hall–Kier alpha value is -2.57. The Labute approximate surface area is 173 Å². The molecule has 0 aliphatic carbocycles. The minimum atomic E-state index is 0.0956. The maximum Gasteiger partial charge on any atom is 0.279 e. The van der Waals surface area contributed by atoms with Gasteiger partial charge in [-0.2, -0.15) is 0 Å². The van der Waals surface area contributed by atoms with E-state index < -0.39 is 0 Å². The molecule has 0 saturated carbocycles. The monoisotopic (exact) mass is 399 g/mol. The number of hydrogen-bond donors (Lipinski definition) is 3. The van der Waals surface area contributed by atoms with Crippen molar-refractivity contribution in [2.75, 3.05) is 58.3 Å². The molecule has 1 heterocycles. The second kappa shape index (κ2) is 10.3. The molecule has 29 heavy (non-hydrogen) atoms. The third-order valence-corrected chi connectivity index (χ3v) is 5.51. The van der Waals surface area contributed by atoms with Gasteiger partial charge in [0.05, 0.1) is 7.11 Å². The smallest absolute Gasteiger partial charge is 0.279 e. The summed E-state index contributed by atoms with van der Waals surface area (Å²) >= 11 is 0. The van der Waals surface area contributed by atoms with E-state index in [4.69, 9.17) is 9.47 Å². The van der Waals surface area contributed by atoms with Crippen molar-refractivity contribution in [3.05, 3.63) is 53.6 Å². The van der Waals surface area contributed by atoms with Gasteiger partial charge in [-0.25, -0.2) is 0 Å². The van der Waals surface area contributed by atoms with Crippen LogP contribution in [0.2, 0.25) is 0 Å². The van der Waals surface area contributed by atoms with Gasteiger partial charge in [-0.15, -0.1) is 0 Å². The maximum absolute atomic E-state index is 12.4. The average molecular weight is 400 g/mol. The molecule has 1 amide bonds. The second-order valence-corrected chi connectivity index (χ2v) is 7.82. The van der Waals surface area contributed by atoms with E-state index in [0.717, 1.165) is 55.5 Å². The summed E-state index contributed by atoms with van der Waals surface area (Å²) in [6, 6.07) is 13.8. The molecular formula is C23H33N3O3+2. The first-order valence-electron chi connectivity index (χ1n) is 10.3. The summed E-state index contributed by atoms with van der Waals surface area (Å²) in [6.07, 6.45) is 0. The Balaban J connectivity index is 1.34. The highest BCUT2D eigenvalue weighted by atomic mass is 16.5. The van der Waals surface area contributed by atoms with E-state index in [-0.39, 0.29) is 5.91 Å². The molecule has 0 atom stereocenters. The largest absolute Gasteiger partial charge is 0.497 e. The predicted octanol–water partition coefficient (Wildman–Crippen LogP) is 0.113. The van der Waals surface area contributed by atoms with Crippen LogP contribution in [0.5, 0.6) is 11.5 Å². The van der Waals surface area contributed by atoms with Crippen molar-refractivity contribution in [3.63, 3.8) is 0 Å². The molecule has 3 N–H and O–H groups in total. The first-order chi connectivity index (χ1) is 14.0. The minimum absolute atomic E-state index is 0.0956. The van der Waals surface area contributed by atoms with Gasteiger partial charge in [0.1, 0.15) is 50.8 Å². The van der Waals surface area contributed by atoms with Crippen molar-refractivity contribution in [1.82, 2.24) is 0 Å². The summed E-state index contributed by atoms with van der Waals surface area (Å²) in [5.74, 6) is 1.81. The molecule has 0 bridgehead atoms. The van der Waals surface area contributed by atoms with Crippen LogP contribution in [0.3, 0.4) is 0 Å². The lowest BCUT2D eigenvalue weighted by Gasteiger charge is -2.29. The summed E-state index contributed by atoms with van der Waals surface area (Å²) < 4.78 is 11.0. The lowest BCUT2D eigenvalue weighted by Crippen LogP contribution is -3.28. The van der Waals surface area contributed by atoms with Crippen molar-refractivity contribution in [1.29, 1.82) is 0 Å². The summed E-state index contributed by atoms with van der Waals surface area (Å²) in [7, 11) is 1.66. The lowest BCUT2D eigenvalue weighted by atomic mass is 10.1. The van der Waals surface area contributed by atoms with Gasteiger partial charge in [0.2, 0.25) is 0 Å². The third-order valence-electron chi connectivity index (χ3n) is 5.51. The number of carbonyl (C=O) groups is 1. The van der Waals surface area contributed by atoms with Crippen molar-refractivity contribution in [2.45, 2.75) is 13.8 Å². The number of aryl methyl sites for hydroxylation is 2. The van der Waals surface area contributed by atoms with Crippen LogP contribution in [0, 0.1) is 13.8 Å². The van der Waals surface area contributed by atoms with Crippen molar-refractivity contribution in [3.8, 4) is 11.5 Å². The number of ether oxygens (including phenoxy) is 2. The van der Waals surface area contributed by atoms with E-state index in [1.54, 1.807) is 7.11 Å². The number of hydrogen-bond acceptors (Lipinski definition) is 3. The van der Waals surface area contributed by atoms with Gasteiger partial charge in [-0.05, 0) is 49.7 Å². The normalized spacial score (nSPS) is 18.9. The predicted molar refractivity (Wildman–Crippen MR) is 114 cm³/mol. The molecule has 6 nitrogen and oxygen atoms in total. The zero-order valence-corrected chi connectivity index (χ0v) is 17.7. The molecular weight excluding hydrogens is 366 g/mol. The maximum atomic E-state index is 12.4. The molecule has 0 unspecified atom stereocenters. The molecule has 1 aliphatic rings. The van der Waals surface area contributed by atoms with Crippen LogP contribution in [0.25, 0.3) is 0 Å². The Kier molecular flexibility index (Phi) is 7.49. The number of methoxy groups -OCH3 is 1. The molecule has 1 saturated heterocycles. The highest BCUT2D eigenvalue weighted by Crippen LogP contribution is 2.17. The molecule has 156 valence electrons. The molecule has 3 rings (SSSR count). The minimum Gasteiger partial charge on any atom is -0.497 e. The number of piperazine rings is 1. The Morgan fingerprint density at radius 3 is 2.28 bits per heavy atom. The van der Waals surface area contributed by atoms with E-state index in [1.165, 1.54) is 15.4 Å². The number of nitrogens with one attached hydrogen (secondary N) is 3. The Morgan fingerprint density at radius 2 is 1.62 bits per heavy atom. The molecule has 1 fully saturated rings. The van der Waals surface area contributed by atoms with E-state index in [9.17, 15) is 4.79 Å². The van der Waals surface area contributed by atoms with Crippen LogP contribution in [0.4, 0.5) is 5.69 Å². The van der Waals surface area contributed by atoms with Crippen LogP contribution in [-0.2, 0) is 4.79 Å². The number of benzene rings is 2. The van der Waals surface area contributed by atoms with Crippen LogP contribution in [-0.4, -0.2) is 58.9 Å². The molecule has 0 aromatic heterocycles. The quantitative estimate of drug-likeness (QED) is 0.591. The summed E-state index contributed by atoms with van der Waals surface area (Å²) in [5.41, 5.74) is 3.24. The lowest BCUT2D eigenvalue weighted by molar-refractivity contribution is -1.01. The number of rotatable bonds is 8. The van der Waals surface area contributed by atoms with Gasteiger partial charge >= 0.3 is 0 Å². The summed E-state index contributed by atoms with van der Waals surface area (Å²) in [4.78, 5) is 15.3. The van der Waals surface area contributed by atoms with E-state index in [2.05, 4.69) is 18.3 Å². The molecule has 0 spiro atoms.